The Hall–Kier alpha value is -3.41. The number of amides is 1. The van der Waals surface area contributed by atoms with Gasteiger partial charge >= 0.3 is 0 Å². The topological polar surface area (TPSA) is 132 Å². The highest BCUT2D eigenvalue weighted by atomic mass is 19.3. The van der Waals surface area contributed by atoms with E-state index in [-0.39, 0.29) is 30.3 Å². The van der Waals surface area contributed by atoms with Crippen LogP contribution in [-0.2, 0) is 22.1 Å². The van der Waals surface area contributed by atoms with Crippen molar-refractivity contribution in [1.29, 1.82) is 0 Å². The third-order valence-corrected chi connectivity index (χ3v) is 4.31. The minimum absolute atomic E-state index is 0.123. The predicted molar refractivity (Wildman–Crippen MR) is 101 cm³/mol. The molecule has 0 bridgehead atoms. The van der Waals surface area contributed by atoms with E-state index in [1.807, 2.05) is 0 Å². The molecule has 0 spiro atoms. The van der Waals surface area contributed by atoms with Crippen molar-refractivity contribution in [2.45, 2.75) is 18.4 Å². The minimum Gasteiger partial charge on any atom is -0.483 e. The molecule has 1 amide bonds. The lowest BCUT2D eigenvalue weighted by atomic mass is 9.85. The number of halogens is 3. The molecular weight excluding hydrogens is 407 g/mol. The second kappa shape index (κ2) is 8.95. The molecule has 30 heavy (non-hydrogen) atoms. The van der Waals surface area contributed by atoms with E-state index in [4.69, 9.17) is 20.4 Å². The highest BCUT2D eigenvalue weighted by molar-refractivity contribution is 6.02. The number of hydrogen-bond acceptors (Lipinski definition) is 6. The third kappa shape index (κ3) is 4.76. The third-order valence-electron chi connectivity index (χ3n) is 4.31. The molecule has 3 rings (SSSR count). The number of anilines is 1. The van der Waals surface area contributed by atoms with E-state index in [0.29, 0.717) is 0 Å². The Bertz CT molecular complexity index is 963. The van der Waals surface area contributed by atoms with Gasteiger partial charge in [0.15, 0.2) is 11.2 Å². The number of carboxylic acid groups (broad SMARTS) is 1. The number of alkyl halides is 2. The zero-order chi connectivity index (χ0) is 22.5. The molecular formula is C18H20F3N5O4. The number of aliphatic imine (C=N–C) groups is 1. The van der Waals surface area contributed by atoms with Crippen LogP contribution in [0.5, 0.6) is 0 Å². The molecule has 1 aliphatic heterocycles. The van der Waals surface area contributed by atoms with Crippen LogP contribution < -0.4 is 11.1 Å². The molecule has 4 N–H and O–H groups in total. The van der Waals surface area contributed by atoms with E-state index in [1.54, 1.807) is 13.2 Å². The van der Waals surface area contributed by atoms with Crippen LogP contribution in [0.3, 0.4) is 0 Å². The van der Waals surface area contributed by atoms with E-state index in [1.165, 1.54) is 16.8 Å². The van der Waals surface area contributed by atoms with Crippen molar-refractivity contribution in [2.75, 3.05) is 18.5 Å². The molecule has 1 atom stereocenters. The first kappa shape index (κ1) is 22.9. The van der Waals surface area contributed by atoms with E-state index in [9.17, 15) is 18.0 Å². The van der Waals surface area contributed by atoms with Crippen molar-refractivity contribution in [2.24, 2.45) is 17.8 Å². The fourth-order valence-corrected chi connectivity index (χ4v) is 2.79. The lowest BCUT2D eigenvalue weighted by Crippen LogP contribution is -2.45. The van der Waals surface area contributed by atoms with E-state index in [0.717, 1.165) is 19.1 Å². The molecule has 1 aromatic heterocycles. The van der Waals surface area contributed by atoms with Crippen LogP contribution in [0, 0.1) is 5.82 Å². The van der Waals surface area contributed by atoms with Gasteiger partial charge in [-0.25, -0.2) is 13.2 Å². The SMILES string of the molecule is Cn1ccc(C(=O)Nc2ccc(F)c([C@@]3(C)N=C(N)COCC3(F)F)c2)n1.O=CO. The van der Waals surface area contributed by atoms with Crippen LogP contribution in [0.15, 0.2) is 35.5 Å². The number of nitrogens with zero attached hydrogens (tertiary/aromatic N) is 3. The lowest BCUT2D eigenvalue weighted by Gasteiger charge is -2.33. The summed E-state index contributed by atoms with van der Waals surface area (Å²) in [6, 6.07) is 4.86. The van der Waals surface area contributed by atoms with Crippen LogP contribution in [-0.4, -0.2) is 52.2 Å². The molecule has 9 nitrogen and oxygen atoms in total. The normalized spacial score (nSPS) is 20.2. The zero-order valence-electron chi connectivity index (χ0n) is 16.1. The van der Waals surface area contributed by atoms with Crippen molar-refractivity contribution in [3.05, 3.63) is 47.5 Å². The van der Waals surface area contributed by atoms with Crippen molar-refractivity contribution >= 4 is 23.9 Å². The zero-order valence-corrected chi connectivity index (χ0v) is 16.1. The summed E-state index contributed by atoms with van der Waals surface area (Å²) in [7, 11) is 1.65. The van der Waals surface area contributed by atoms with Crippen LogP contribution in [0.2, 0.25) is 0 Å². The Morgan fingerprint density at radius 3 is 2.67 bits per heavy atom. The first-order chi connectivity index (χ1) is 14.0. The molecule has 0 fully saturated rings. The van der Waals surface area contributed by atoms with Gasteiger partial charge in [-0.2, -0.15) is 5.10 Å². The Labute approximate surface area is 169 Å². The summed E-state index contributed by atoms with van der Waals surface area (Å²) in [5, 5.41) is 13.4. The fourth-order valence-electron chi connectivity index (χ4n) is 2.79. The Balaban J connectivity index is 0.00000101. The first-order valence-corrected chi connectivity index (χ1v) is 8.52. The minimum atomic E-state index is -3.52. The molecule has 2 heterocycles. The first-order valence-electron chi connectivity index (χ1n) is 8.52. The maximum atomic E-state index is 14.7. The van der Waals surface area contributed by atoms with E-state index < -0.39 is 35.4 Å². The second-order valence-corrected chi connectivity index (χ2v) is 6.50. The van der Waals surface area contributed by atoms with Gasteiger partial charge < -0.3 is 20.9 Å². The monoisotopic (exact) mass is 427 g/mol. The highest BCUT2D eigenvalue weighted by Gasteiger charge is 2.54. The Morgan fingerprint density at radius 2 is 2.07 bits per heavy atom. The largest absolute Gasteiger partial charge is 0.483 e. The van der Waals surface area contributed by atoms with Gasteiger partial charge in [-0.3, -0.25) is 19.3 Å². The van der Waals surface area contributed by atoms with Gasteiger partial charge in [0.05, 0.1) is 0 Å². The number of nitrogens with one attached hydrogen (secondary N) is 1. The molecule has 2 aromatic rings. The number of ether oxygens (including phenoxy) is 1. The fraction of sp³-hybridized carbons (Fsp3) is 0.333. The molecule has 0 radical (unpaired) electrons. The summed E-state index contributed by atoms with van der Waals surface area (Å²) in [5.41, 5.74) is 3.17. The Morgan fingerprint density at radius 1 is 1.40 bits per heavy atom. The van der Waals surface area contributed by atoms with Gasteiger partial charge in [0.25, 0.3) is 18.3 Å². The number of nitrogens with two attached hydrogens (primary N) is 1. The molecule has 0 saturated heterocycles. The van der Waals surface area contributed by atoms with Crippen LogP contribution in [0.4, 0.5) is 18.9 Å². The summed E-state index contributed by atoms with van der Waals surface area (Å²) in [6.45, 7) is -0.405. The van der Waals surface area contributed by atoms with Crippen LogP contribution in [0.1, 0.15) is 23.0 Å². The molecule has 1 aromatic carbocycles. The van der Waals surface area contributed by atoms with Crippen molar-refractivity contribution in [3.8, 4) is 0 Å². The van der Waals surface area contributed by atoms with Gasteiger partial charge in [-0.15, -0.1) is 0 Å². The quantitative estimate of drug-likeness (QED) is 0.640. The van der Waals surface area contributed by atoms with Crippen molar-refractivity contribution in [3.63, 3.8) is 0 Å². The average molecular weight is 427 g/mol. The summed E-state index contributed by atoms with van der Waals surface area (Å²) >= 11 is 0. The van der Waals surface area contributed by atoms with Gasteiger partial charge in [-0.1, -0.05) is 0 Å². The molecule has 0 aliphatic carbocycles. The van der Waals surface area contributed by atoms with Crippen LogP contribution >= 0.6 is 0 Å². The number of carbonyl (C=O) groups is 2. The summed E-state index contributed by atoms with van der Waals surface area (Å²) in [4.78, 5) is 24.4. The van der Waals surface area contributed by atoms with Crippen LogP contribution in [0.25, 0.3) is 0 Å². The summed E-state index contributed by atoms with van der Waals surface area (Å²) in [6.07, 6.45) is 1.58. The molecule has 0 unspecified atom stereocenters. The maximum Gasteiger partial charge on any atom is 0.299 e. The number of hydrogen-bond donors (Lipinski definition) is 3. The maximum absolute atomic E-state index is 14.7. The highest BCUT2D eigenvalue weighted by Crippen LogP contribution is 2.44. The van der Waals surface area contributed by atoms with Gasteiger partial charge in [-0.05, 0) is 31.2 Å². The molecule has 12 heteroatoms. The number of carbonyl (C=O) groups excluding carboxylic acids is 1. The summed E-state index contributed by atoms with van der Waals surface area (Å²) in [5.74, 6) is -5.14. The van der Waals surface area contributed by atoms with Gasteiger partial charge in [0.1, 0.15) is 24.9 Å². The Kier molecular flexibility index (Phi) is 6.82. The molecule has 0 saturated carbocycles. The van der Waals surface area contributed by atoms with Gasteiger partial charge in [0, 0.05) is 24.5 Å². The molecule has 1 aliphatic rings. The molecule has 162 valence electrons. The average Bonchev–Trinajstić information content (AvgIpc) is 3.06. The summed E-state index contributed by atoms with van der Waals surface area (Å²) < 4.78 is 50.0. The number of rotatable bonds is 3. The van der Waals surface area contributed by atoms with Crippen molar-refractivity contribution < 1.29 is 32.6 Å². The number of benzene rings is 1. The standard InChI is InChI=1S/C17H18F3N5O2.CH2O2/c1-16(17(19,20)9-27-8-14(21)23-16)11-7-10(3-4-12(11)18)22-15(26)13-5-6-25(2)24-13;2-1-3/h3-7H,8-9H2,1-2H3,(H2,21,23)(H,22,26);1H,(H,2,3)/t16-;/m1./s1. The smallest absolute Gasteiger partial charge is 0.299 e. The number of aromatic nitrogens is 2. The second-order valence-electron chi connectivity index (χ2n) is 6.50. The predicted octanol–water partition coefficient (Wildman–Crippen LogP) is 1.75. The van der Waals surface area contributed by atoms with E-state index in [2.05, 4.69) is 15.4 Å². The van der Waals surface area contributed by atoms with Gasteiger partial charge in [0.2, 0.25) is 0 Å². The number of aryl methyl sites for hydroxylation is 1. The van der Waals surface area contributed by atoms with Crippen molar-refractivity contribution in [1.82, 2.24) is 9.78 Å². The lowest BCUT2D eigenvalue weighted by molar-refractivity contribution is -0.122. The van der Waals surface area contributed by atoms with E-state index >= 15 is 0 Å². The number of amidine groups is 1.